The van der Waals surface area contributed by atoms with Crippen LogP contribution >= 0.6 is 11.8 Å². The van der Waals surface area contributed by atoms with Gasteiger partial charge in [-0.25, -0.2) is 0 Å². The first kappa shape index (κ1) is 15.8. The second kappa shape index (κ2) is 6.02. The largest absolute Gasteiger partial charge is 0.298 e. The molecule has 0 N–H and O–H groups in total. The molecule has 0 unspecified atom stereocenters. The van der Waals surface area contributed by atoms with Gasteiger partial charge in [-0.05, 0) is 25.5 Å². The molecule has 0 aliphatic heterocycles. The predicted octanol–water partition coefficient (Wildman–Crippen LogP) is 3.59. The summed E-state index contributed by atoms with van der Waals surface area (Å²) in [7, 11) is 0. The van der Waals surface area contributed by atoms with Gasteiger partial charge in [0.05, 0.1) is 11.4 Å². The van der Waals surface area contributed by atoms with Crippen LogP contribution in [-0.4, -0.2) is 26.3 Å². The van der Waals surface area contributed by atoms with Crippen LogP contribution in [0.4, 0.5) is 0 Å². The van der Waals surface area contributed by atoms with Crippen molar-refractivity contribution in [1.29, 1.82) is 0 Å². The lowest BCUT2D eigenvalue weighted by Gasteiger charge is -2.16. The Morgan fingerprint density at radius 3 is 2.48 bits per heavy atom. The van der Waals surface area contributed by atoms with Crippen LogP contribution in [0.5, 0.6) is 0 Å². The highest BCUT2D eigenvalue weighted by molar-refractivity contribution is 7.99. The predicted molar refractivity (Wildman–Crippen MR) is 86.0 cm³/mol. The molecule has 0 radical (unpaired) electrons. The molecule has 2 rings (SSSR count). The smallest absolute Gasteiger partial charge is 0.196 e. The van der Waals surface area contributed by atoms with Crippen LogP contribution in [0.2, 0.25) is 0 Å². The number of hydrogen-bond acceptors (Lipinski definition) is 4. The molecule has 0 aliphatic rings. The Kier molecular flexibility index (Phi) is 4.52. The Labute approximate surface area is 130 Å². The van der Waals surface area contributed by atoms with E-state index in [4.69, 9.17) is 0 Å². The molecule has 1 aromatic heterocycles. The summed E-state index contributed by atoms with van der Waals surface area (Å²) in [6.07, 6.45) is 0. The van der Waals surface area contributed by atoms with Gasteiger partial charge in [0.25, 0.3) is 0 Å². The van der Waals surface area contributed by atoms with Gasteiger partial charge in [0.15, 0.2) is 5.16 Å². The van der Waals surface area contributed by atoms with Gasteiger partial charge in [0.1, 0.15) is 11.6 Å². The van der Waals surface area contributed by atoms with Crippen molar-refractivity contribution in [2.24, 2.45) is 5.41 Å². The second-order valence-electron chi connectivity index (χ2n) is 6.11. The third-order valence-corrected chi connectivity index (χ3v) is 4.25. The number of aromatic nitrogens is 3. The summed E-state index contributed by atoms with van der Waals surface area (Å²) in [5.74, 6) is 1.45. The van der Waals surface area contributed by atoms with Crippen LogP contribution in [0.1, 0.15) is 32.2 Å². The first-order chi connectivity index (χ1) is 9.80. The number of thioether (sulfide) groups is 1. The summed E-state index contributed by atoms with van der Waals surface area (Å²) in [5.41, 5.74) is 1.89. The van der Waals surface area contributed by atoms with Crippen LogP contribution in [0.15, 0.2) is 29.4 Å². The standard InChI is InChI=1S/C16H21N3OS/c1-11-8-6-7-9-13(11)19-12(2)17-18-15(19)21-10-14(20)16(3,4)5/h6-9H,10H2,1-5H3. The van der Waals surface area contributed by atoms with Crippen molar-refractivity contribution >= 4 is 17.5 Å². The van der Waals surface area contributed by atoms with Crippen LogP contribution < -0.4 is 0 Å². The summed E-state index contributed by atoms with van der Waals surface area (Å²) in [5, 5.41) is 9.13. The number of carbonyl (C=O) groups excluding carboxylic acids is 1. The Hall–Kier alpha value is -1.62. The fourth-order valence-corrected chi connectivity index (χ4v) is 3.03. The number of carbonyl (C=O) groups is 1. The van der Waals surface area contributed by atoms with E-state index in [1.54, 1.807) is 0 Å². The molecule has 0 bridgehead atoms. The number of aryl methyl sites for hydroxylation is 2. The first-order valence-corrected chi connectivity index (χ1v) is 7.93. The number of nitrogens with zero attached hydrogens (tertiary/aromatic N) is 3. The number of para-hydroxylation sites is 1. The molecule has 0 aliphatic carbocycles. The number of rotatable bonds is 4. The lowest BCUT2D eigenvalue weighted by molar-refractivity contribution is -0.123. The maximum absolute atomic E-state index is 12.1. The summed E-state index contributed by atoms with van der Waals surface area (Å²) in [4.78, 5) is 12.1. The zero-order valence-electron chi connectivity index (χ0n) is 13.2. The van der Waals surface area contributed by atoms with Crippen molar-refractivity contribution in [3.63, 3.8) is 0 Å². The van der Waals surface area contributed by atoms with Gasteiger partial charge in [-0.1, -0.05) is 50.7 Å². The highest BCUT2D eigenvalue weighted by Gasteiger charge is 2.22. The molecule has 0 fully saturated rings. The summed E-state index contributed by atoms with van der Waals surface area (Å²) >= 11 is 1.45. The first-order valence-electron chi connectivity index (χ1n) is 6.95. The van der Waals surface area contributed by atoms with Crippen LogP contribution in [0.25, 0.3) is 5.69 Å². The van der Waals surface area contributed by atoms with Gasteiger partial charge >= 0.3 is 0 Å². The molecular weight excluding hydrogens is 282 g/mol. The minimum Gasteiger partial charge on any atom is -0.298 e. The van der Waals surface area contributed by atoms with E-state index in [1.807, 2.05) is 50.5 Å². The maximum atomic E-state index is 12.1. The molecule has 2 aromatic rings. The zero-order valence-corrected chi connectivity index (χ0v) is 14.0. The van der Waals surface area contributed by atoms with E-state index in [-0.39, 0.29) is 11.2 Å². The van der Waals surface area contributed by atoms with E-state index >= 15 is 0 Å². The van der Waals surface area contributed by atoms with E-state index in [2.05, 4.69) is 23.2 Å². The Balaban J connectivity index is 2.28. The average Bonchev–Trinajstić information content (AvgIpc) is 2.77. The minimum atomic E-state index is -0.324. The van der Waals surface area contributed by atoms with Crippen molar-refractivity contribution in [3.05, 3.63) is 35.7 Å². The SMILES string of the molecule is Cc1ccccc1-n1c(C)nnc1SCC(=O)C(C)(C)C. The van der Waals surface area contributed by atoms with Crippen LogP contribution in [-0.2, 0) is 4.79 Å². The molecule has 0 saturated carbocycles. The lowest BCUT2D eigenvalue weighted by Crippen LogP contribution is -2.22. The third-order valence-electron chi connectivity index (χ3n) is 3.32. The molecule has 4 nitrogen and oxygen atoms in total. The van der Waals surface area contributed by atoms with Gasteiger partial charge in [-0.2, -0.15) is 0 Å². The maximum Gasteiger partial charge on any atom is 0.196 e. The van der Waals surface area contributed by atoms with Gasteiger partial charge < -0.3 is 0 Å². The highest BCUT2D eigenvalue weighted by atomic mass is 32.2. The molecule has 112 valence electrons. The fraction of sp³-hybridized carbons (Fsp3) is 0.438. The quantitative estimate of drug-likeness (QED) is 0.810. The second-order valence-corrected chi connectivity index (χ2v) is 7.06. The van der Waals surface area contributed by atoms with Crippen molar-refractivity contribution in [1.82, 2.24) is 14.8 Å². The van der Waals surface area contributed by atoms with Gasteiger partial charge in [0.2, 0.25) is 0 Å². The number of hydrogen-bond donors (Lipinski definition) is 0. The summed E-state index contributed by atoms with van der Waals surface area (Å²) in [6, 6.07) is 8.11. The van der Waals surface area contributed by atoms with Gasteiger partial charge in [-0.15, -0.1) is 10.2 Å². The Morgan fingerprint density at radius 2 is 1.86 bits per heavy atom. The number of ketones is 1. The molecule has 5 heteroatoms. The normalized spacial score (nSPS) is 11.7. The Bertz CT molecular complexity index is 656. The third kappa shape index (κ3) is 3.53. The van der Waals surface area contributed by atoms with Crippen LogP contribution in [0, 0.1) is 19.3 Å². The van der Waals surface area contributed by atoms with Crippen molar-refractivity contribution in [2.75, 3.05) is 5.75 Å². The van der Waals surface area contributed by atoms with E-state index in [1.165, 1.54) is 11.8 Å². The monoisotopic (exact) mass is 303 g/mol. The van der Waals surface area contributed by atoms with E-state index in [0.717, 1.165) is 22.2 Å². The molecule has 1 heterocycles. The average molecular weight is 303 g/mol. The van der Waals surface area contributed by atoms with Crippen LogP contribution in [0.3, 0.4) is 0 Å². The lowest BCUT2D eigenvalue weighted by atomic mass is 9.92. The van der Waals surface area contributed by atoms with Gasteiger partial charge in [0, 0.05) is 5.41 Å². The summed E-state index contributed by atoms with van der Waals surface area (Å²) in [6.45, 7) is 9.80. The molecule has 0 saturated heterocycles. The summed E-state index contributed by atoms with van der Waals surface area (Å²) < 4.78 is 2.01. The highest BCUT2D eigenvalue weighted by Crippen LogP contribution is 2.26. The molecular formula is C16H21N3OS. The zero-order chi connectivity index (χ0) is 15.6. The van der Waals surface area contributed by atoms with Crippen molar-refractivity contribution < 1.29 is 4.79 Å². The molecule has 0 amide bonds. The minimum absolute atomic E-state index is 0.212. The van der Waals surface area contributed by atoms with E-state index in [0.29, 0.717) is 5.75 Å². The van der Waals surface area contributed by atoms with Crippen molar-refractivity contribution in [2.45, 2.75) is 39.8 Å². The Morgan fingerprint density at radius 1 is 1.19 bits per heavy atom. The molecule has 21 heavy (non-hydrogen) atoms. The number of benzene rings is 1. The van der Waals surface area contributed by atoms with Crippen molar-refractivity contribution in [3.8, 4) is 5.69 Å². The molecule has 0 atom stereocenters. The molecule has 1 aromatic carbocycles. The van der Waals surface area contributed by atoms with Gasteiger partial charge in [-0.3, -0.25) is 9.36 Å². The number of Topliss-reactive ketones (excluding diaryl/α,β-unsaturated/α-hetero) is 1. The van der Waals surface area contributed by atoms with E-state index < -0.39 is 0 Å². The van der Waals surface area contributed by atoms with E-state index in [9.17, 15) is 4.79 Å². The topological polar surface area (TPSA) is 47.8 Å². The molecule has 0 spiro atoms. The fourth-order valence-electron chi connectivity index (χ4n) is 1.87.